The van der Waals surface area contributed by atoms with Crippen molar-refractivity contribution in [3.8, 4) is 5.75 Å². The number of methoxy groups -OCH3 is 1. The molecule has 2 fully saturated rings. The van der Waals surface area contributed by atoms with E-state index in [2.05, 4.69) is 4.98 Å². The molecule has 2 aliphatic rings. The van der Waals surface area contributed by atoms with Gasteiger partial charge in [0, 0.05) is 30.4 Å². The number of pyridine rings is 1. The number of amides is 1. The Labute approximate surface area is 172 Å². The molecule has 1 saturated heterocycles. The van der Waals surface area contributed by atoms with Gasteiger partial charge in [0.25, 0.3) is 0 Å². The quantitative estimate of drug-likeness (QED) is 0.699. The number of carbonyl (C=O) groups is 2. The number of carbonyl (C=O) groups excluding carboxylic acids is 2. The second-order valence-corrected chi connectivity index (χ2v) is 8.44. The Morgan fingerprint density at radius 3 is 2.86 bits per heavy atom. The van der Waals surface area contributed by atoms with Crippen LogP contribution in [0.1, 0.15) is 54.7 Å². The summed E-state index contributed by atoms with van der Waals surface area (Å²) < 4.78 is 5.32. The van der Waals surface area contributed by atoms with Crippen molar-refractivity contribution >= 4 is 17.4 Å². The molecule has 29 heavy (non-hydrogen) atoms. The molecule has 5 heteroatoms. The summed E-state index contributed by atoms with van der Waals surface area (Å²) in [7, 11) is 1.64. The summed E-state index contributed by atoms with van der Waals surface area (Å²) in [6.45, 7) is 2.63. The van der Waals surface area contributed by atoms with Crippen LogP contribution in [-0.4, -0.2) is 30.3 Å². The minimum absolute atomic E-state index is 0.0887. The van der Waals surface area contributed by atoms with Gasteiger partial charge in [0.1, 0.15) is 11.4 Å². The second kappa shape index (κ2) is 7.97. The highest BCUT2D eigenvalue weighted by Crippen LogP contribution is 2.49. The van der Waals surface area contributed by atoms with E-state index in [0.29, 0.717) is 12.1 Å². The predicted molar refractivity (Wildman–Crippen MR) is 112 cm³/mol. The van der Waals surface area contributed by atoms with Gasteiger partial charge in [-0.15, -0.1) is 0 Å². The SMILES string of the molecule is COc1cccc(N2CC[C@]3(CCC[C@H](CC(=O)c4cccc(C)n4)C3)C2=O)c1. The standard InChI is InChI=1S/C24H28N2O3/c1-17-6-3-10-21(25-17)22(27)14-18-7-5-11-24(16-18)12-13-26(23(24)28)19-8-4-9-20(15-19)29-2/h3-4,6,8-10,15,18H,5,7,11-14,16H2,1-2H3/t18-,24+/m1/s1. The Morgan fingerprint density at radius 1 is 1.24 bits per heavy atom. The zero-order valence-electron chi connectivity index (χ0n) is 17.2. The van der Waals surface area contributed by atoms with E-state index >= 15 is 0 Å². The first-order valence-corrected chi connectivity index (χ1v) is 10.4. The number of nitrogens with zero attached hydrogens (tertiary/aromatic N) is 2. The van der Waals surface area contributed by atoms with Crippen LogP contribution in [0.5, 0.6) is 5.75 Å². The summed E-state index contributed by atoms with van der Waals surface area (Å²) in [6, 6.07) is 13.3. The monoisotopic (exact) mass is 392 g/mol. The van der Waals surface area contributed by atoms with Gasteiger partial charge < -0.3 is 9.64 Å². The Bertz CT molecular complexity index is 926. The Hall–Kier alpha value is -2.69. The van der Waals surface area contributed by atoms with Crippen LogP contribution in [0.25, 0.3) is 0 Å². The highest BCUT2D eigenvalue weighted by atomic mass is 16.5. The first-order chi connectivity index (χ1) is 14.0. The van der Waals surface area contributed by atoms with Crippen LogP contribution < -0.4 is 9.64 Å². The number of Topliss-reactive ketones (excluding diaryl/α,β-unsaturated/α-hetero) is 1. The topological polar surface area (TPSA) is 59.5 Å². The van der Waals surface area contributed by atoms with E-state index in [1.54, 1.807) is 13.2 Å². The molecule has 1 spiro atoms. The molecule has 1 saturated carbocycles. The fourth-order valence-electron chi connectivity index (χ4n) is 4.99. The summed E-state index contributed by atoms with van der Waals surface area (Å²) in [6.07, 6.45) is 5.05. The molecule has 0 bridgehead atoms. The van der Waals surface area contributed by atoms with Gasteiger partial charge in [-0.1, -0.05) is 18.6 Å². The van der Waals surface area contributed by atoms with Crippen LogP contribution in [-0.2, 0) is 4.79 Å². The van der Waals surface area contributed by atoms with Gasteiger partial charge in [0.15, 0.2) is 5.78 Å². The summed E-state index contributed by atoms with van der Waals surface area (Å²) >= 11 is 0. The van der Waals surface area contributed by atoms with E-state index in [4.69, 9.17) is 4.74 Å². The third-order valence-corrected chi connectivity index (χ3v) is 6.47. The highest BCUT2D eigenvalue weighted by molar-refractivity contribution is 6.00. The summed E-state index contributed by atoms with van der Waals surface area (Å²) in [5.41, 5.74) is 1.97. The molecule has 5 nitrogen and oxygen atoms in total. The zero-order chi connectivity index (χ0) is 20.4. The van der Waals surface area contributed by atoms with Crippen LogP contribution in [0.15, 0.2) is 42.5 Å². The van der Waals surface area contributed by atoms with E-state index in [-0.39, 0.29) is 23.0 Å². The third kappa shape index (κ3) is 3.91. The summed E-state index contributed by atoms with van der Waals surface area (Å²) in [5, 5.41) is 0. The number of anilines is 1. The molecule has 2 heterocycles. The molecule has 0 radical (unpaired) electrons. The predicted octanol–water partition coefficient (Wildman–Crippen LogP) is 4.58. The van der Waals surface area contributed by atoms with Crippen molar-refractivity contribution in [3.05, 3.63) is 53.9 Å². The van der Waals surface area contributed by atoms with Crippen LogP contribution in [0.2, 0.25) is 0 Å². The van der Waals surface area contributed by atoms with Crippen LogP contribution >= 0.6 is 0 Å². The third-order valence-electron chi connectivity index (χ3n) is 6.47. The van der Waals surface area contributed by atoms with Crippen molar-refractivity contribution in [1.82, 2.24) is 4.98 Å². The number of ether oxygens (including phenoxy) is 1. The first-order valence-electron chi connectivity index (χ1n) is 10.4. The van der Waals surface area contributed by atoms with Crippen molar-refractivity contribution in [2.45, 2.75) is 45.4 Å². The molecule has 1 aliphatic carbocycles. The molecule has 0 unspecified atom stereocenters. The lowest BCUT2D eigenvalue weighted by atomic mass is 9.67. The van der Waals surface area contributed by atoms with Crippen LogP contribution in [0.3, 0.4) is 0 Å². The van der Waals surface area contributed by atoms with Gasteiger partial charge in [-0.25, -0.2) is 0 Å². The van der Waals surface area contributed by atoms with Gasteiger partial charge >= 0.3 is 0 Å². The van der Waals surface area contributed by atoms with Crippen molar-refractivity contribution in [1.29, 1.82) is 0 Å². The molecule has 1 aromatic heterocycles. The molecule has 1 aromatic carbocycles. The highest BCUT2D eigenvalue weighted by Gasteiger charge is 2.49. The number of aromatic nitrogens is 1. The van der Waals surface area contributed by atoms with E-state index in [1.165, 1.54) is 0 Å². The lowest BCUT2D eigenvalue weighted by Crippen LogP contribution is -2.38. The molecular formula is C24H28N2O3. The van der Waals surface area contributed by atoms with Gasteiger partial charge in [0.2, 0.25) is 5.91 Å². The van der Waals surface area contributed by atoms with E-state index in [0.717, 1.165) is 55.8 Å². The smallest absolute Gasteiger partial charge is 0.233 e. The molecule has 2 atom stereocenters. The number of rotatable bonds is 5. The van der Waals surface area contributed by atoms with E-state index < -0.39 is 0 Å². The Morgan fingerprint density at radius 2 is 2.07 bits per heavy atom. The molecule has 0 N–H and O–H groups in total. The molecule has 4 rings (SSSR count). The lowest BCUT2D eigenvalue weighted by molar-refractivity contribution is -0.128. The van der Waals surface area contributed by atoms with Crippen LogP contribution in [0.4, 0.5) is 5.69 Å². The number of benzene rings is 1. The summed E-state index contributed by atoms with van der Waals surface area (Å²) in [4.78, 5) is 32.4. The second-order valence-electron chi connectivity index (χ2n) is 8.44. The average molecular weight is 392 g/mol. The molecule has 152 valence electrons. The number of hydrogen-bond acceptors (Lipinski definition) is 4. The number of aryl methyl sites for hydroxylation is 1. The van der Waals surface area contributed by atoms with Gasteiger partial charge in [-0.3, -0.25) is 14.6 Å². The summed E-state index contributed by atoms with van der Waals surface area (Å²) in [5.74, 6) is 1.30. The minimum atomic E-state index is -0.327. The Balaban J connectivity index is 1.47. The van der Waals surface area contributed by atoms with Gasteiger partial charge in [0.05, 0.1) is 12.5 Å². The van der Waals surface area contributed by atoms with Crippen molar-refractivity contribution < 1.29 is 14.3 Å². The largest absolute Gasteiger partial charge is 0.497 e. The van der Waals surface area contributed by atoms with Crippen molar-refractivity contribution in [2.75, 3.05) is 18.6 Å². The normalized spacial score (nSPS) is 24.1. The van der Waals surface area contributed by atoms with E-state index in [1.807, 2.05) is 48.2 Å². The fourth-order valence-corrected chi connectivity index (χ4v) is 4.99. The molecule has 1 amide bonds. The lowest BCUT2D eigenvalue weighted by Gasteiger charge is -2.36. The minimum Gasteiger partial charge on any atom is -0.497 e. The Kier molecular flexibility index (Phi) is 5.39. The van der Waals surface area contributed by atoms with Gasteiger partial charge in [-0.2, -0.15) is 0 Å². The maximum absolute atomic E-state index is 13.4. The average Bonchev–Trinajstić information content (AvgIpc) is 3.03. The zero-order valence-corrected chi connectivity index (χ0v) is 17.2. The van der Waals surface area contributed by atoms with Gasteiger partial charge in [-0.05, 0) is 62.8 Å². The number of hydrogen-bond donors (Lipinski definition) is 0. The molecule has 2 aromatic rings. The maximum atomic E-state index is 13.4. The fraction of sp³-hybridized carbons (Fsp3) is 0.458. The van der Waals surface area contributed by atoms with Crippen molar-refractivity contribution in [3.63, 3.8) is 0 Å². The first kappa shape index (κ1) is 19.6. The number of ketones is 1. The van der Waals surface area contributed by atoms with Crippen molar-refractivity contribution in [2.24, 2.45) is 11.3 Å². The van der Waals surface area contributed by atoms with E-state index in [9.17, 15) is 9.59 Å². The molecular weight excluding hydrogens is 364 g/mol. The maximum Gasteiger partial charge on any atom is 0.233 e. The molecule has 1 aliphatic heterocycles. The van der Waals surface area contributed by atoms with Crippen LogP contribution in [0, 0.1) is 18.3 Å².